The highest BCUT2D eigenvalue weighted by atomic mass is 19.4. The minimum Gasteiger partial charge on any atom is -0.480 e. The number of allylic oxidation sites excluding steroid dienone is 3. The van der Waals surface area contributed by atoms with Gasteiger partial charge in [0.05, 0.1) is 30.6 Å². The maximum atomic E-state index is 13.0. The molecule has 9 nitrogen and oxygen atoms in total. The second-order valence-electron chi connectivity index (χ2n) is 9.66. The Morgan fingerprint density at radius 2 is 1.95 bits per heavy atom. The maximum absolute atomic E-state index is 13.0. The summed E-state index contributed by atoms with van der Waals surface area (Å²) >= 11 is 0. The molecule has 1 aliphatic heterocycles. The Hall–Kier alpha value is -4.48. The number of halogens is 3. The summed E-state index contributed by atoms with van der Waals surface area (Å²) in [7, 11) is 1.48. The van der Waals surface area contributed by atoms with Gasteiger partial charge in [0.2, 0.25) is 5.88 Å². The van der Waals surface area contributed by atoms with Crippen molar-refractivity contribution in [2.45, 2.75) is 12.6 Å². The minimum atomic E-state index is -4.91. The third-order valence-corrected chi connectivity index (χ3v) is 7.35. The quantitative estimate of drug-likeness (QED) is 0.539. The van der Waals surface area contributed by atoms with Crippen LogP contribution in [0, 0.1) is 10.8 Å². The largest absolute Gasteiger partial charge is 0.480 e. The molecule has 3 aromatic rings. The predicted molar refractivity (Wildman–Crippen MR) is 132 cm³/mol. The number of carbonyl (C=O) groups excluding carboxylic acids is 1. The Kier molecular flexibility index (Phi) is 5.20. The number of aromatic amines is 1. The van der Waals surface area contributed by atoms with Crippen LogP contribution in [-0.4, -0.2) is 57.1 Å². The molecule has 0 spiro atoms. The van der Waals surface area contributed by atoms with Gasteiger partial charge in [-0.3, -0.25) is 14.6 Å². The molecule has 1 amide bonds. The van der Waals surface area contributed by atoms with Crippen molar-refractivity contribution < 1.29 is 22.7 Å². The zero-order valence-electron chi connectivity index (χ0n) is 20.0. The molecule has 3 aliphatic rings. The number of carbonyl (C=O) groups is 1. The molecule has 2 aliphatic carbocycles. The SMILES string of the molecule is COc1cncc(-c2cc3cc[nH]c(=O)c3c(NC3=CC=CC45CN(C(=O)C(F)(F)F)CC4(C=C3)C5)n2)n1. The van der Waals surface area contributed by atoms with Crippen LogP contribution in [0.15, 0.2) is 71.6 Å². The van der Waals surface area contributed by atoms with Crippen LogP contribution >= 0.6 is 0 Å². The second kappa shape index (κ2) is 8.27. The lowest BCUT2D eigenvalue weighted by atomic mass is 9.93. The second-order valence-corrected chi connectivity index (χ2v) is 9.66. The first-order valence-corrected chi connectivity index (χ1v) is 11.7. The zero-order chi connectivity index (χ0) is 26.7. The average molecular weight is 522 g/mol. The van der Waals surface area contributed by atoms with Gasteiger partial charge in [0.1, 0.15) is 11.5 Å². The van der Waals surface area contributed by atoms with E-state index in [4.69, 9.17) is 4.74 Å². The fraction of sp³-hybridized carbons (Fsp3) is 0.269. The van der Waals surface area contributed by atoms with Crippen LogP contribution in [0.5, 0.6) is 5.88 Å². The molecule has 38 heavy (non-hydrogen) atoms. The van der Waals surface area contributed by atoms with E-state index in [0.717, 1.165) is 4.90 Å². The number of piperidine rings is 1. The predicted octanol–water partition coefficient (Wildman–Crippen LogP) is 3.59. The van der Waals surface area contributed by atoms with Crippen LogP contribution in [0.2, 0.25) is 0 Å². The van der Waals surface area contributed by atoms with E-state index in [1.807, 2.05) is 12.2 Å². The highest BCUT2D eigenvalue weighted by Crippen LogP contribution is 2.70. The Morgan fingerprint density at radius 3 is 2.71 bits per heavy atom. The highest BCUT2D eigenvalue weighted by Gasteiger charge is 2.71. The molecule has 2 atom stereocenters. The Balaban J connectivity index is 1.35. The summed E-state index contributed by atoms with van der Waals surface area (Å²) in [4.78, 5) is 41.3. The van der Waals surface area contributed by atoms with Crippen LogP contribution in [0.1, 0.15) is 6.42 Å². The number of pyridine rings is 2. The molecule has 12 heteroatoms. The number of fused-ring (bicyclic) bond motifs is 1. The first-order valence-electron chi connectivity index (χ1n) is 11.7. The van der Waals surface area contributed by atoms with Gasteiger partial charge in [0.25, 0.3) is 5.56 Å². The summed E-state index contributed by atoms with van der Waals surface area (Å²) in [6, 6.07) is 3.47. The maximum Gasteiger partial charge on any atom is 0.471 e. The number of aromatic nitrogens is 4. The van der Waals surface area contributed by atoms with Gasteiger partial charge in [0.15, 0.2) is 0 Å². The van der Waals surface area contributed by atoms with Crippen molar-refractivity contribution in [2.24, 2.45) is 10.8 Å². The number of H-pyrrole nitrogens is 1. The van der Waals surface area contributed by atoms with E-state index in [9.17, 15) is 22.8 Å². The zero-order valence-corrected chi connectivity index (χ0v) is 20.0. The summed E-state index contributed by atoms with van der Waals surface area (Å²) in [6.45, 7) is 0.0122. The number of rotatable bonds is 4. The van der Waals surface area contributed by atoms with Gasteiger partial charge in [-0.25, -0.2) is 9.97 Å². The van der Waals surface area contributed by atoms with E-state index in [-0.39, 0.29) is 24.5 Å². The third-order valence-electron chi connectivity index (χ3n) is 7.35. The molecular weight excluding hydrogens is 501 g/mol. The fourth-order valence-electron chi connectivity index (χ4n) is 5.43. The number of ether oxygens (including phenoxy) is 1. The number of nitrogens with zero attached hydrogens (tertiary/aromatic N) is 4. The number of hydrogen-bond acceptors (Lipinski definition) is 7. The molecule has 4 heterocycles. The lowest BCUT2D eigenvalue weighted by molar-refractivity contribution is -0.185. The number of alkyl halides is 3. The average Bonchev–Trinajstić information content (AvgIpc) is 3.37. The van der Waals surface area contributed by atoms with Crippen LogP contribution in [0.4, 0.5) is 19.0 Å². The van der Waals surface area contributed by atoms with Crippen LogP contribution in [0.25, 0.3) is 22.2 Å². The van der Waals surface area contributed by atoms with E-state index < -0.39 is 22.9 Å². The van der Waals surface area contributed by atoms with Gasteiger partial charge in [-0.2, -0.15) is 13.2 Å². The lowest BCUT2D eigenvalue weighted by Gasteiger charge is -2.21. The van der Waals surface area contributed by atoms with E-state index >= 15 is 0 Å². The van der Waals surface area contributed by atoms with Crippen molar-refractivity contribution >= 4 is 22.5 Å². The van der Waals surface area contributed by atoms with Crippen molar-refractivity contribution in [3.05, 3.63) is 77.2 Å². The fourth-order valence-corrected chi connectivity index (χ4v) is 5.43. The number of methoxy groups -OCH3 is 1. The molecule has 2 unspecified atom stereocenters. The summed E-state index contributed by atoms with van der Waals surface area (Å²) in [5.41, 5.74) is 0.0423. The Bertz CT molecular complexity index is 1630. The van der Waals surface area contributed by atoms with E-state index in [2.05, 4.69) is 25.3 Å². The molecule has 0 bridgehead atoms. The molecule has 0 aromatic carbocycles. The molecule has 0 radical (unpaired) electrons. The van der Waals surface area contributed by atoms with Crippen molar-refractivity contribution in [2.75, 3.05) is 25.5 Å². The van der Waals surface area contributed by atoms with Crippen molar-refractivity contribution in [3.63, 3.8) is 0 Å². The topological polar surface area (TPSA) is 113 Å². The lowest BCUT2D eigenvalue weighted by Crippen LogP contribution is -2.41. The number of anilines is 1. The van der Waals surface area contributed by atoms with Gasteiger partial charge in [-0.1, -0.05) is 18.2 Å². The van der Waals surface area contributed by atoms with Gasteiger partial charge in [-0.15, -0.1) is 0 Å². The number of hydrogen-bond donors (Lipinski definition) is 2. The Labute approximate surface area is 213 Å². The summed E-state index contributed by atoms with van der Waals surface area (Å²) in [5, 5.41) is 4.14. The van der Waals surface area contributed by atoms with Gasteiger partial charge < -0.3 is 19.9 Å². The molecule has 6 rings (SSSR count). The monoisotopic (exact) mass is 522 g/mol. The van der Waals surface area contributed by atoms with E-state index in [0.29, 0.717) is 40.2 Å². The summed E-state index contributed by atoms with van der Waals surface area (Å²) in [5.74, 6) is -1.24. The molecule has 1 saturated heterocycles. The van der Waals surface area contributed by atoms with Gasteiger partial charge >= 0.3 is 12.1 Å². The molecule has 1 saturated carbocycles. The third kappa shape index (κ3) is 3.83. The standard InChI is InChI=1S/C26H21F3N6O3/c1-38-19-11-30-10-18(33-19)17-9-15-5-8-31-22(36)20(15)21(34-17)32-16-3-2-6-24-12-25(24,7-4-16)14-35(13-24)23(37)26(27,28)29/h2-11H,12-14H2,1H3,(H,31,36)(H,32,34). The van der Waals surface area contributed by atoms with Crippen molar-refractivity contribution in [1.82, 2.24) is 24.8 Å². The summed E-state index contributed by atoms with van der Waals surface area (Å²) in [6.07, 6.45) is 9.27. The first kappa shape index (κ1) is 23.9. The summed E-state index contributed by atoms with van der Waals surface area (Å²) < 4.78 is 44.3. The molecule has 2 fully saturated rings. The normalized spacial score (nSPS) is 23.8. The number of nitrogens with one attached hydrogen (secondary N) is 2. The highest BCUT2D eigenvalue weighted by molar-refractivity contribution is 5.94. The molecule has 3 aromatic heterocycles. The Morgan fingerprint density at radius 1 is 1.16 bits per heavy atom. The van der Waals surface area contributed by atoms with Crippen molar-refractivity contribution in [3.8, 4) is 17.3 Å². The number of likely N-dealkylation sites (tertiary alicyclic amines) is 1. The minimum absolute atomic E-state index is 0.00962. The van der Waals surface area contributed by atoms with Crippen LogP contribution in [-0.2, 0) is 4.79 Å². The van der Waals surface area contributed by atoms with Crippen molar-refractivity contribution in [1.29, 1.82) is 0 Å². The van der Waals surface area contributed by atoms with Crippen LogP contribution in [0.3, 0.4) is 0 Å². The van der Waals surface area contributed by atoms with E-state index in [1.165, 1.54) is 25.7 Å². The smallest absolute Gasteiger partial charge is 0.471 e. The van der Waals surface area contributed by atoms with Gasteiger partial charge in [0, 0.05) is 35.8 Å². The van der Waals surface area contributed by atoms with Crippen LogP contribution < -0.4 is 15.6 Å². The first-order chi connectivity index (χ1) is 18.1. The van der Waals surface area contributed by atoms with E-state index in [1.54, 1.807) is 30.4 Å². The van der Waals surface area contributed by atoms with Gasteiger partial charge in [-0.05, 0) is 36.1 Å². The molecule has 194 valence electrons. The molecule has 2 N–H and O–H groups in total. The molecular formula is C26H21F3N6O3. The number of amides is 1.